The lowest BCUT2D eigenvalue weighted by Crippen LogP contribution is -2.45. The van der Waals surface area contributed by atoms with Crippen molar-refractivity contribution >= 4 is 11.7 Å². The number of hydrogen-bond acceptors (Lipinski definition) is 3. The quantitative estimate of drug-likeness (QED) is 0.772. The largest absolute Gasteiger partial charge is 0.352 e. The maximum atomic E-state index is 11.7. The summed E-state index contributed by atoms with van der Waals surface area (Å²) in [7, 11) is 0. The molecule has 92 valence electrons. The Labute approximate surface area is 97.4 Å². The van der Waals surface area contributed by atoms with E-state index < -0.39 is 0 Å². The van der Waals surface area contributed by atoms with Gasteiger partial charge in [-0.2, -0.15) is 0 Å². The Balaban J connectivity index is 2.30. The summed E-state index contributed by atoms with van der Waals surface area (Å²) in [6.45, 7) is 7.80. The van der Waals surface area contributed by atoms with Crippen molar-refractivity contribution in [3.05, 3.63) is 0 Å². The van der Waals surface area contributed by atoms with Gasteiger partial charge in [0.15, 0.2) is 0 Å². The second kappa shape index (κ2) is 5.99. The van der Waals surface area contributed by atoms with Crippen LogP contribution in [0.3, 0.4) is 0 Å². The van der Waals surface area contributed by atoms with Crippen molar-refractivity contribution in [1.82, 2.24) is 10.2 Å². The number of carbonyl (C=O) groups is 2. The standard InChI is InChI=1S/C12H22N2O2/c1-9(2)10(3)13-12(16)8-14-6-4-5-11(15)7-14/h9-10H,4-8H2,1-3H3,(H,13,16). The Morgan fingerprint density at radius 1 is 1.44 bits per heavy atom. The number of Topliss-reactive ketones (excluding diaryl/α,β-unsaturated/α-hetero) is 1. The van der Waals surface area contributed by atoms with Crippen LogP contribution in [0.2, 0.25) is 0 Å². The van der Waals surface area contributed by atoms with Crippen LogP contribution >= 0.6 is 0 Å². The lowest BCUT2D eigenvalue weighted by atomic mass is 10.1. The first-order chi connectivity index (χ1) is 7.49. The summed E-state index contributed by atoms with van der Waals surface area (Å²) < 4.78 is 0. The van der Waals surface area contributed by atoms with Crippen molar-refractivity contribution in [2.45, 2.75) is 39.7 Å². The average Bonchev–Trinajstić information content (AvgIpc) is 2.16. The molecule has 0 aliphatic carbocycles. The Kier molecular flexibility index (Phi) is 4.93. The predicted molar refractivity (Wildman–Crippen MR) is 63.1 cm³/mol. The molecule has 1 saturated heterocycles. The molecule has 16 heavy (non-hydrogen) atoms. The molecule has 0 aromatic heterocycles. The monoisotopic (exact) mass is 226 g/mol. The van der Waals surface area contributed by atoms with Gasteiger partial charge in [0.25, 0.3) is 0 Å². The third kappa shape index (κ3) is 4.31. The average molecular weight is 226 g/mol. The molecule has 0 aromatic carbocycles. The van der Waals surface area contributed by atoms with Gasteiger partial charge in [0.2, 0.25) is 5.91 Å². The maximum Gasteiger partial charge on any atom is 0.234 e. The molecule has 4 nitrogen and oxygen atoms in total. The number of nitrogens with zero attached hydrogens (tertiary/aromatic N) is 1. The van der Waals surface area contributed by atoms with Crippen LogP contribution in [0.1, 0.15) is 33.6 Å². The fraction of sp³-hybridized carbons (Fsp3) is 0.833. The third-order valence-corrected chi connectivity index (χ3v) is 3.09. The van der Waals surface area contributed by atoms with E-state index in [0.29, 0.717) is 25.4 Å². The minimum absolute atomic E-state index is 0.0240. The van der Waals surface area contributed by atoms with Crippen LogP contribution in [0, 0.1) is 5.92 Å². The van der Waals surface area contributed by atoms with Crippen molar-refractivity contribution in [3.8, 4) is 0 Å². The van der Waals surface area contributed by atoms with Crippen molar-refractivity contribution in [1.29, 1.82) is 0 Å². The molecule has 1 aliphatic heterocycles. The van der Waals surface area contributed by atoms with Gasteiger partial charge in [0.05, 0.1) is 13.1 Å². The molecular weight excluding hydrogens is 204 g/mol. The first kappa shape index (κ1) is 13.2. The highest BCUT2D eigenvalue weighted by Crippen LogP contribution is 2.05. The third-order valence-electron chi connectivity index (χ3n) is 3.09. The van der Waals surface area contributed by atoms with Crippen molar-refractivity contribution in [2.24, 2.45) is 5.92 Å². The van der Waals surface area contributed by atoms with Gasteiger partial charge in [-0.15, -0.1) is 0 Å². The lowest BCUT2D eigenvalue weighted by molar-refractivity contribution is -0.126. The molecule has 1 fully saturated rings. The van der Waals surface area contributed by atoms with Gasteiger partial charge in [0, 0.05) is 12.5 Å². The molecule has 0 spiro atoms. The van der Waals surface area contributed by atoms with Gasteiger partial charge in [0.1, 0.15) is 5.78 Å². The van der Waals surface area contributed by atoms with E-state index in [9.17, 15) is 9.59 Å². The molecule has 4 heteroatoms. The first-order valence-electron chi connectivity index (χ1n) is 6.02. The second-order valence-electron chi connectivity index (χ2n) is 4.95. The lowest BCUT2D eigenvalue weighted by Gasteiger charge is -2.26. The number of hydrogen-bond donors (Lipinski definition) is 1. The molecule has 0 radical (unpaired) electrons. The van der Waals surface area contributed by atoms with E-state index in [4.69, 9.17) is 0 Å². The minimum atomic E-state index is 0.0240. The fourth-order valence-electron chi connectivity index (χ4n) is 1.71. The fourth-order valence-corrected chi connectivity index (χ4v) is 1.71. The van der Waals surface area contributed by atoms with E-state index in [1.165, 1.54) is 0 Å². The van der Waals surface area contributed by atoms with Gasteiger partial charge < -0.3 is 5.32 Å². The zero-order valence-electron chi connectivity index (χ0n) is 10.5. The molecule has 1 atom stereocenters. The molecule has 0 bridgehead atoms. The summed E-state index contributed by atoms with van der Waals surface area (Å²) in [5.41, 5.74) is 0. The molecule has 1 N–H and O–H groups in total. The Morgan fingerprint density at radius 2 is 2.12 bits per heavy atom. The number of amides is 1. The van der Waals surface area contributed by atoms with E-state index in [1.807, 2.05) is 11.8 Å². The van der Waals surface area contributed by atoms with Gasteiger partial charge >= 0.3 is 0 Å². The molecule has 1 rings (SSSR count). The number of ketones is 1. The van der Waals surface area contributed by atoms with Crippen LogP contribution in [0.4, 0.5) is 0 Å². The predicted octanol–water partition coefficient (Wildman–Crippen LogP) is 0.812. The number of rotatable bonds is 4. The Hall–Kier alpha value is -0.900. The van der Waals surface area contributed by atoms with Crippen LogP contribution in [0.15, 0.2) is 0 Å². The van der Waals surface area contributed by atoms with Crippen LogP contribution in [-0.4, -0.2) is 42.3 Å². The van der Waals surface area contributed by atoms with E-state index in [-0.39, 0.29) is 17.7 Å². The number of likely N-dealkylation sites (tertiary alicyclic amines) is 1. The maximum absolute atomic E-state index is 11.7. The molecule has 0 saturated carbocycles. The van der Waals surface area contributed by atoms with E-state index >= 15 is 0 Å². The second-order valence-corrected chi connectivity index (χ2v) is 4.95. The van der Waals surface area contributed by atoms with Gasteiger partial charge in [-0.25, -0.2) is 0 Å². The Morgan fingerprint density at radius 3 is 2.69 bits per heavy atom. The number of piperidine rings is 1. The van der Waals surface area contributed by atoms with E-state index in [1.54, 1.807) is 0 Å². The molecular formula is C12H22N2O2. The first-order valence-corrected chi connectivity index (χ1v) is 6.02. The van der Waals surface area contributed by atoms with Crippen LogP contribution in [0.25, 0.3) is 0 Å². The van der Waals surface area contributed by atoms with Gasteiger partial charge in [-0.3, -0.25) is 14.5 Å². The summed E-state index contributed by atoms with van der Waals surface area (Å²) in [6.07, 6.45) is 1.55. The van der Waals surface area contributed by atoms with Crippen LogP contribution < -0.4 is 5.32 Å². The zero-order chi connectivity index (χ0) is 12.1. The molecule has 0 aromatic rings. The van der Waals surface area contributed by atoms with E-state index in [0.717, 1.165) is 13.0 Å². The molecule has 1 aliphatic rings. The van der Waals surface area contributed by atoms with Crippen LogP contribution in [-0.2, 0) is 9.59 Å². The Bertz CT molecular complexity index is 264. The van der Waals surface area contributed by atoms with Gasteiger partial charge in [-0.1, -0.05) is 13.8 Å². The summed E-state index contributed by atoms with van der Waals surface area (Å²) in [4.78, 5) is 24.8. The van der Waals surface area contributed by atoms with Crippen LogP contribution in [0.5, 0.6) is 0 Å². The summed E-state index contributed by atoms with van der Waals surface area (Å²) in [5.74, 6) is 0.707. The molecule has 1 heterocycles. The van der Waals surface area contributed by atoms with Crippen molar-refractivity contribution in [2.75, 3.05) is 19.6 Å². The van der Waals surface area contributed by atoms with Crippen molar-refractivity contribution in [3.63, 3.8) is 0 Å². The van der Waals surface area contributed by atoms with Gasteiger partial charge in [-0.05, 0) is 25.8 Å². The minimum Gasteiger partial charge on any atom is -0.352 e. The normalized spacial score (nSPS) is 19.9. The van der Waals surface area contributed by atoms with E-state index in [2.05, 4.69) is 19.2 Å². The summed E-state index contributed by atoms with van der Waals surface area (Å²) in [5, 5.41) is 2.95. The van der Waals surface area contributed by atoms with Crippen molar-refractivity contribution < 1.29 is 9.59 Å². The summed E-state index contributed by atoms with van der Waals surface area (Å²) >= 11 is 0. The molecule has 1 unspecified atom stereocenters. The number of carbonyl (C=O) groups excluding carboxylic acids is 2. The highest BCUT2D eigenvalue weighted by molar-refractivity contribution is 5.83. The smallest absolute Gasteiger partial charge is 0.234 e. The topological polar surface area (TPSA) is 49.4 Å². The summed E-state index contributed by atoms with van der Waals surface area (Å²) in [6, 6.07) is 0.188. The SMILES string of the molecule is CC(C)C(C)NC(=O)CN1CCCC(=O)C1. The zero-order valence-corrected chi connectivity index (χ0v) is 10.5. The highest BCUT2D eigenvalue weighted by atomic mass is 16.2. The number of nitrogens with one attached hydrogen (secondary N) is 1. The molecule has 1 amide bonds. The highest BCUT2D eigenvalue weighted by Gasteiger charge is 2.20.